The fourth-order valence-corrected chi connectivity index (χ4v) is 1.49. The third kappa shape index (κ3) is 4.61. The normalized spacial score (nSPS) is 19.4. The molecular weight excluding hydrogens is 178 g/mol. The van der Waals surface area contributed by atoms with Crippen molar-refractivity contribution in [2.24, 2.45) is 11.3 Å². The van der Waals surface area contributed by atoms with Crippen LogP contribution in [0, 0.1) is 11.3 Å². The van der Waals surface area contributed by atoms with Crippen molar-refractivity contribution in [3.8, 4) is 0 Å². The second-order valence-electron chi connectivity index (χ2n) is 5.51. The van der Waals surface area contributed by atoms with Gasteiger partial charge in [0.2, 0.25) is 0 Å². The van der Waals surface area contributed by atoms with Gasteiger partial charge in [0, 0.05) is 0 Å². The molecule has 1 aliphatic carbocycles. The molecule has 0 aromatic heterocycles. The van der Waals surface area contributed by atoms with Crippen molar-refractivity contribution in [3.05, 3.63) is 0 Å². The molecule has 3 nitrogen and oxygen atoms in total. The van der Waals surface area contributed by atoms with Gasteiger partial charge >= 0.3 is 5.97 Å². The summed E-state index contributed by atoms with van der Waals surface area (Å²) in [5.41, 5.74) is 0.0691. The summed E-state index contributed by atoms with van der Waals surface area (Å²) in [5.74, 6) is 0.0115. The van der Waals surface area contributed by atoms with E-state index in [1.807, 2.05) is 0 Å². The van der Waals surface area contributed by atoms with Crippen LogP contribution < -0.4 is 5.32 Å². The van der Waals surface area contributed by atoms with Gasteiger partial charge in [-0.05, 0) is 37.1 Å². The van der Waals surface area contributed by atoms with Crippen molar-refractivity contribution in [2.45, 2.75) is 46.1 Å². The first-order chi connectivity index (χ1) is 6.38. The van der Waals surface area contributed by atoms with Crippen LogP contribution in [0.4, 0.5) is 0 Å². The van der Waals surface area contributed by atoms with Crippen molar-refractivity contribution < 1.29 is 9.90 Å². The molecule has 1 unspecified atom stereocenters. The molecule has 0 spiro atoms. The first-order valence-electron chi connectivity index (χ1n) is 5.35. The van der Waals surface area contributed by atoms with Crippen molar-refractivity contribution in [2.75, 3.05) is 6.54 Å². The van der Waals surface area contributed by atoms with Gasteiger partial charge in [-0.2, -0.15) is 0 Å². The molecule has 3 heteroatoms. The third-order valence-corrected chi connectivity index (χ3v) is 2.46. The lowest BCUT2D eigenvalue weighted by atomic mass is 9.88. The quantitative estimate of drug-likeness (QED) is 0.710. The molecule has 82 valence electrons. The van der Waals surface area contributed by atoms with Crippen LogP contribution in [0.1, 0.15) is 40.0 Å². The Labute approximate surface area is 85.9 Å². The van der Waals surface area contributed by atoms with Crippen LogP contribution in [-0.4, -0.2) is 23.7 Å². The summed E-state index contributed by atoms with van der Waals surface area (Å²) in [6.07, 6.45) is 3.21. The van der Waals surface area contributed by atoms with E-state index in [9.17, 15) is 4.79 Å². The molecule has 1 fully saturated rings. The molecule has 0 amide bonds. The van der Waals surface area contributed by atoms with Crippen molar-refractivity contribution in [1.29, 1.82) is 0 Å². The molecule has 1 aliphatic rings. The van der Waals surface area contributed by atoms with Gasteiger partial charge in [-0.15, -0.1) is 0 Å². The zero-order valence-corrected chi connectivity index (χ0v) is 9.34. The number of nitrogens with one attached hydrogen (secondary N) is 1. The lowest BCUT2D eigenvalue weighted by Gasteiger charge is -2.24. The summed E-state index contributed by atoms with van der Waals surface area (Å²) in [4.78, 5) is 10.9. The van der Waals surface area contributed by atoms with Crippen LogP contribution in [0.25, 0.3) is 0 Å². The molecule has 0 aliphatic heterocycles. The monoisotopic (exact) mass is 199 g/mol. The van der Waals surface area contributed by atoms with Crippen LogP contribution in [0.2, 0.25) is 0 Å². The van der Waals surface area contributed by atoms with E-state index in [0.29, 0.717) is 6.42 Å². The van der Waals surface area contributed by atoms with Crippen molar-refractivity contribution >= 4 is 5.97 Å². The number of hydrogen-bond donors (Lipinski definition) is 2. The van der Waals surface area contributed by atoms with Gasteiger partial charge in [0.1, 0.15) is 6.04 Å². The predicted molar refractivity (Wildman–Crippen MR) is 56.2 cm³/mol. The topological polar surface area (TPSA) is 49.3 Å². The zero-order chi connectivity index (χ0) is 10.8. The highest BCUT2D eigenvalue weighted by Crippen LogP contribution is 2.28. The Morgan fingerprint density at radius 2 is 2.07 bits per heavy atom. The number of rotatable bonds is 5. The van der Waals surface area contributed by atoms with Crippen LogP contribution in [-0.2, 0) is 4.79 Å². The maximum Gasteiger partial charge on any atom is 0.320 e. The van der Waals surface area contributed by atoms with Gasteiger partial charge in [0.15, 0.2) is 0 Å². The zero-order valence-electron chi connectivity index (χ0n) is 9.34. The molecule has 1 atom stereocenters. The Bertz CT molecular complexity index is 204. The van der Waals surface area contributed by atoms with Gasteiger partial charge in [-0.3, -0.25) is 4.79 Å². The van der Waals surface area contributed by atoms with E-state index < -0.39 is 5.97 Å². The minimum Gasteiger partial charge on any atom is -0.480 e. The number of carbonyl (C=O) groups is 1. The molecule has 0 aromatic rings. The van der Waals surface area contributed by atoms with Crippen LogP contribution in [0.15, 0.2) is 0 Å². The molecule has 2 N–H and O–H groups in total. The number of carboxylic acid groups (broad SMARTS) is 1. The highest BCUT2D eigenvalue weighted by molar-refractivity contribution is 5.73. The molecule has 0 aromatic carbocycles. The smallest absolute Gasteiger partial charge is 0.320 e. The average molecular weight is 199 g/mol. The fraction of sp³-hybridized carbons (Fsp3) is 0.909. The lowest BCUT2D eigenvalue weighted by Crippen LogP contribution is -2.40. The van der Waals surface area contributed by atoms with Crippen LogP contribution in [0.3, 0.4) is 0 Å². The number of hydrogen-bond acceptors (Lipinski definition) is 2. The SMILES string of the molecule is CC(C)(C)CC(NCC1CC1)C(=O)O. The van der Waals surface area contributed by atoms with Crippen LogP contribution >= 0.6 is 0 Å². The van der Waals surface area contributed by atoms with Gasteiger partial charge in [0.25, 0.3) is 0 Å². The second-order valence-corrected chi connectivity index (χ2v) is 5.51. The minimum atomic E-state index is -0.722. The largest absolute Gasteiger partial charge is 0.480 e. The summed E-state index contributed by atoms with van der Waals surface area (Å²) >= 11 is 0. The summed E-state index contributed by atoms with van der Waals surface area (Å²) in [6.45, 7) is 7.08. The first kappa shape index (κ1) is 11.5. The minimum absolute atomic E-state index is 0.0691. The van der Waals surface area contributed by atoms with Gasteiger partial charge in [-0.1, -0.05) is 20.8 Å². The second kappa shape index (κ2) is 4.30. The summed E-state index contributed by atoms with van der Waals surface area (Å²) < 4.78 is 0. The highest BCUT2D eigenvalue weighted by atomic mass is 16.4. The Kier molecular flexibility index (Phi) is 3.53. The maximum absolute atomic E-state index is 10.9. The summed E-state index contributed by atoms with van der Waals surface area (Å²) in [7, 11) is 0. The van der Waals surface area contributed by atoms with E-state index in [0.717, 1.165) is 12.5 Å². The van der Waals surface area contributed by atoms with Crippen molar-refractivity contribution in [3.63, 3.8) is 0 Å². The fourth-order valence-electron chi connectivity index (χ4n) is 1.49. The molecule has 0 bridgehead atoms. The van der Waals surface area contributed by atoms with Gasteiger partial charge < -0.3 is 10.4 Å². The Morgan fingerprint density at radius 3 is 2.43 bits per heavy atom. The molecule has 1 rings (SSSR count). The van der Waals surface area contributed by atoms with E-state index in [1.165, 1.54) is 12.8 Å². The highest BCUT2D eigenvalue weighted by Gasteiger charge is 2.27. The Balaban J connectivity index is 2.33. The van der Waals surface area contributed by atoms with Gasteiger partial charge in [0.05, 0.1) is 0 Å². The molecule has 1 saturated carbocycles. The van der Waals surface area contributed by atoms with E-state index in [-0.39, 0.29) is 11.5 Å². The van der Waals surface area contributed by atoms with Crippen molar-refractivity contribution in [1.82, 2.24) is 5.32 Å². The molecule has 0 radical (unpaired) electrons. The predicted octanol–water partition coefficient (Wildman–Crippen LogP) is 1.88. The molecule has 14 heavy (non-hydrogen) atoms. The molecule has 0 saturated heterocycles. The number of aliphatic carboxylic acids is 1. The first-order valence-corrected chi connectivity index (χ1v) is 5.35. The average Bonchev–Trinajstić information content (AvgIpc) is 2.78. The molecular formula is C11H21NO2. The summed E-state index contributed by atoms with van der Waals surface area (Å²) in [6, 6.07) is -0.379. The lowest BCUT2D eigenvalue weighted by molar-refractivity contribution is -0.140. The number of carboxylic acids is 1. The van der Waals surface area contributed by atoms with E-state index in [1.54, 1.807) is 0 Å². The van der Waals surface area contributed by atoms with E-state index in [4.69, 9.17) is 5.11 Å². The Hall–Kier alpha value is -0.570. The standard InChI is InChI=1S/C11H21NO2/c1-11(2,3)6-9(10(13)14)12-7-8-4-5-8/h8-9,12H,4-7H2,1-3H3,(H,13,14). The maximum atomic E-state index is 10.9. The van der Waals surface area contributed by atoms with E-state index in [2.05, 4.69) is 26.1 Å². The summed E-state index contributed by atoms with van der Waals surface area (Å²) in [5, 5.41) is 12.1. The third-order valence-electron chi connectivity index (χ3n) is 2.46. The van der Waals surface area contributed by atoms with E-state index >= 15 is 0 Å². The van der Waals surface area contributed by atoms with Gasteiger partial charge in [-0.25, -0.2) is 0 Å². The Morgan fingerprint density at radius 1 is 1.50 bits per heavy atom. The van der Waals surface area contributed by atoms with Crippen LogP contribution in [0.5, 0.6) is 0 Å². The molecule has 0 heterocycles.